The molecule has 10 heteroatoms. The Kier molecular flexibility index (Phi) is 8.30. The van der Waals surface area contributed by atoms with E-state index in [0.717, 1.165) is 25.3 Å². The fourth-order valence-corrected chi connectivity index (χ4v) is 2.32. The third kappa shape index (κ3) is 7.57. The first-order valence-corrected chi connectivity index (χ1v) is 9.14. The SMILES string of the molecule is COC(=O)C(=O)C(COc1ccc(Oc2cc(F)cc(F)c2)cc1)NC(=O)OC(C)C. The molecule has 1 N–H and O–H groups in total. The van der Waals surface area contributed by atoms with Crippen LogP contribution in [0.25, 0.3) is 0 Å². The molecule has 2 aromatic carbocycles. The number of benzene rings is 2. The van der Waals surface area contributed by atoms with Gasteiger partial charge in [-0.3, -0.25) is 4.79 Å². The van der Waals surface area contributed by atoms with Gasteiger partial charge in [-0.25, -0.2) is 18.4 Å². The van der Waals surface area contributed by atoms with Crippen LogP contribution < -0.4 is 14.8 Å². The van der Waals surface area contributed by atoms with E-state index < -0.39 is 41.6 Å². The standard InChI is InChI=1S/C21H21F2NO7/c1-12(2)30-21(27)24-18(19(25)20(26)28-3)11-29-15-4-6-16(7-5-15)31-17-9-13(22)8-14(23)10-17/h4-10,12,18H,11H2,1-3H3,(H,24,27). The van der Waals surface area contributed by atoms with Crippen molar-refractivity contribution >= 4 is 17.8 Å². The van der Waals surface area contributed by atoms with Crippen molar-refractivity contribution in [3.63, 3.8) is 0 Å². The summed E-state index contributed by atoms with van der Waals surface area (Å²) in [4.78, 5) is 35.5. The van der Waals surface area contributed by atoms with Gasteiger partial charge in [-0.1, -0.05) is 0 Å². The number of esters is 1. The van der Waals surface area contributed by atoms with Crippen LogP contribution in [0.2, 0.25) is 0 Å². The molecular formula is C21H21F2NO7. The molecule has 0 aliphatic carbocycles. The lowest BCUT2D eigenvalue weighted by Crippen LogP contribution is -2.48. The molecule has 0 saturated carbocycles. The first-order chi connectivity index (χ1) is 14.7. The van der Waals surface area contributed by atoms with Gasteiger partial charge in [-0.15, -0.1) is 0 Å². The van der Waals surface area contributed by atoms with Gasteiger partial charge in [0.25, 0.3) is 5.78 Å². The first kappa shape index (κ1) is 23.6. The predicted octanol–water partition coefficient (Wildman–Crippen LogP) is 3.38. The second-order valence-corrected chi connectivity index (χ2v) is 6.50. The zero-order valence-corrected chi connectivity index (χ0v) is 17.0. The Bertz CT molecular complexity index is 912. The molecule has 2 aromatic rings. The number of ether oxygens (including phenoxy) is 4. The van der Waals surface area contributed by atoms with E-state index in [-0.39, 0.29) is 23.9 Å². The quantitative estimate of drug-likeness (QED) is 0.474. The summed E-state index contributed by atoms with van der Waals surface area (Å²) in [5.41, 5.74) is 0. The highest BCUT2D eigenvalue weighted by molar-refractivity contribution is 6.36. The maximum atomic E-state index is 13.2. The van der Waals surface area contributed by atoms with Gasteiger partial charge in [0, 0.05) is 18.2 Å². The van der Waals surface area contributed by atoms with Gasteiger partial charge in [0.15, 0.2) is 0 Å². The summed E-state index contributed by atoms with van der Waals surface area (Å²) in [5, 5.41) is 2.26. The molecule has 0 fully saturated rings. The Labute approximate surface area is 177 Å². The summed E-state index contributed by atoms with van der Waals surface area (Å²) in [6.45, 7) is 2.86. The number of carbonyl (C=O) groups is 3. The highest BCUT2D eigenvalue weighted by atomic mass is 19.1. The second-order valence-electron chi connectivity index (χ2n) is 6.50. The molecule has 0 aliphatic heterocycles. The lowest BCUT2D eigenvalue weighted by atomic mass is 10.2. The maximum Gasteiger partial charge on any atom is 0.408 e. The van der Waals surface area contributed by atoms with Crippen molar-refractivity contribution < 1.29 is 42.1 Å². The van der Waals surface area contributed by atoms with Gasteiger partial charge in [0.1, 0.15) is 41.5 Å². The second kappa shape index (κ2) is 10.9. The average Bonchev–Trinajstić information content (AvgIpc) is 2.69. The van der Waals surface area contributed by atoms with Gasteiger partial charge in [-0.05, 0) is 38.1 Å². The Morgan fingerprint density at radius 2 is 1.52 bits per heavy atom. The fraction of sp³-hybridized carbons (Fsp3) is 0.286. The molecule has 31 heavy (non-hydrogen) atoms. The molecule has 0 aliphatic rings. The minimum absolute atomic E-state index is 0.0252. The van der Waals surface area contributed by atoms with Gasteiger partial charge in [-0.2, -0.15) is 0 Å². The fourth-order valence-electron chi connectivity index (χ4n) is 2.32. The average molecular weight is 437 g/mol. The summed E-state index contributed by atoms with van der Waals surface area (Å²) in [6, 6.07) is 7.31. The summed E-state index contributed by atoms with van der Waals surface area (Å²) >= 11 is 0. The van der Waals surface area contributed by atoms with Gasteiger partial charge >= 0.3 is 12.1 Å². The predicted molar refractivity (Wildman–Crippen MR) is 104 cm³/mol. The van der Waals surface area contributed by atoms with Crippen molar-refractivity contribution in [2.24, 2.45) is 0 Å². The normalized spacial score (nSPS) is 11.4. The van der Waals surface area contributed by atoms with E-state index in [1.807, 2.05) is 0 Å². The van der Waals surface area contributed by atoms with Crippen LogP contribution in [0.4, 0.5) is 13.6 Å². The number of hydrogen-bond donors (Lipinski definition) is 1. The summed E-state index contributed by atoms with van der Waals surface area (Å²) in [5.74, 6) is -3.19. The van der Waals surface area contributed by atoms with Crippen LogP contribution in [0.3, 0.4) is 0 Å². The summed E-state index contributed by atoms with van der Waals surface area (Å²) in [6.07, 6.45) is -1.33. The van der Waals surface area contributed by atoms with Crippen molar-refractivity contribution in [1.29, 1.82) is 0 Å². The molecule has 0 radical (unpaired) electrons. The van der Waals surface area contributed by atoms with Gasteiger partial charge < -0.3 is 24.3 Å². The van der Waals surface area contributed by atoms with Crippen molar-refractivity contribution in [3.8, 4) is 17.2 Å². The monoisotopic (exact) mass is 437 g/mol. The zero-order chi connectivity index (χ0) is 23.0. The number of amides is 1. The number of halogens is 2. The third-order valence-electron chi connectivity index (χ3n) is 3.65. The van der Waals surface area contributed by atoms with E-state index in [0.29, 0.717) is 0 Å². The Morgan fingerprint density at radius 3 is 2.06 bits per heavy atom. The van der Waals surface area contributed by atoms with Gasteiger partial charge in [0.2, 0.25) is 0 Å². The molecule has 1 atom stereocenters. The van der Waals surface area contributed by atoms with Crippen molar-refractivity contribution in [2.45, 2.75) is 26.0 Å². The van der Waals surface area contributed by atoms with E-state index in [1.54, 1.807) is 13.8 Å². The van der Waals surface area contributed by atoms with E-state index in [2.05, 4.69) is 10.1 Å². The minimum Gasteiger partial charge on any atom is -0.491 e. The molecule has 1 unspecified atom stereocenters. The van der Waals surface area contributed by atoms with Crippen molar-refractivity contribution in [1.82, 2.24) is 5.32 Å². The van der Waals surface area contributed by atoms with E-state index in [4.69, 9.17) is 14.2 Å². The zero-order valence-electron chi connectivity index (χ0n) is 17.0. The first-order valence-electron chi connectivity index (χ1n) is 9.14. The van der Waals surface area contributed by atoms with Crippen LogP contribution in [0.5, 0.6) is 17.2 Å². The molecule has 0 heterocycles. The van der Waals surface area contributed by atoms with Crippen LogP contribution in [0.1, 0.15) is 13.8 Å². The molecule has 0 bridgehead atoms. The lowest BCUT2D eigenvalue weighted by molar-refractivity contribution is -0.152. The van der Waals surface area contributed by atoms with E-state index in [9.17, 15) is 23.2 Å². The van der Waals surface area contributed by atoms with E-state index in [1.165, 1.54) is 24.3 Å². The number of Topliss-reactive ketones (excluding diaryl/α,β-unsaturated/α-hetero) is 1. The van der Waals surface area contributed by atoms with Crippen LogP contribution in [-0.2, 0) is 19.1 Å². The Hall–Kier alpha value is -3.69. The molecule has 0 saturated heterocycles. The van der Waals surface area contributed by atoms with E-state index >= 15 is 0 Å². The highest BCUT2D eigenvalue weighted by Crippen LogP contribution is 2.25. The molecule has 1 amide bonds. The third-order valence-corrected chi connectivity index (χ3v) is 3.65. The number of ketones is 1. The largest absolute Gasteiger partial charge is 0.491 e. The number of alkyl carbamates (subject to hydrolysis) is 1. The Morgan fingerprint density at radius 1 is 0.935 bits per heavy atom. The molecular weight excluding hydrogens is 416 g/mol. The number of nitrogens with one attached hydrogen (secondary N) is 1. The smallest absolute Gasteiger partial charge is 0.408 e. The molecule has 0 spiro atoms. The molecule has 2 rings (SSSR count). The number of hydrogen-bond acceptors (Lipinski definition) is 7. The van der Waals surface area contributed by atoms with Crippen LogP contribution >= 0.6 is 0 Å². The number of carbonyl (C=O) groups excluding carboxylic acids is 3. The Balaban J connectivity index is 2.02. The molecule has 166 valence electrons. The van der Waals surface area contributed by atoms with Crippen LogP contribution in [-0.4, -0.2) is 43.7 Å². The maximum absolute atomic E-state index is 13.2. The minimum atomic E-state index is -1.34. The number of methoxy groups -OCH3 is 1. The number of rotatable bonds is 9. The topological polar surface area (TPSA) is 100 Å². The molecule has 0 aromatic heterocycles. The summed E-state index contributed by atoms with van der Waals surface area (Å²) in [7, 11) is 1.04. The van der Waals surface area contributed by atoms with Gasteiger partial charge in [0.05, 0.1) is 13.2 Å². The van der Waals surface area contributed by atoms with Crippen molar-refractivity contribution in [2.75, 3.05) is 13.7 Å². The highest BCUT2D eigenvalue weighted by Gasteiger charge is 2.29. The van der Waals surface area contributed by atoms with Crippen LogP contribution in [0.15, 0.2) is 42.5 Å². The molecule has 8 nitrogen and oxygen atoms in total. The lowest BCUT2D eigenvalue weighted by Gasteiger charge is -2.18. The van der Waals surface area contributed by atoms with Crippen molar-refractivity contribution in [3.05, 3.63) is 54.1 Å². The van der Waals surface area contributed by atoms with Crippen LogP contribution in [0, 0.1) is 11.6 Å². The summed E-state index contributed by atoms with van der Waals surface area (Å²) < 4.78 is 46.6.